The van der Waals surface area contributed by atoms with Crippen LogP contribution >= 0.6 is 0 Å². The van der Waals surface area contributed by atoms with Crippen LogP contribution in [0.2, 0.25) is 0 Å². The van der Waals surface area contributed by atoms with Crippen molar-refractivity contribution in [2.24, 2.45) is 0 Å². The Morgan fingerprint density at radius 3 is 2.17 bits per heavy atom. The van der Waals surface area contributed by atoms with Crippen LogP contribution in [-0.2, 0) is 10.3 Å². The van der Waals surface area contributed by atoms with E-state index in [-0.39, 0.29) is 11.9 Å². The van der Waals surface area contributed by atoms with Gasteiger partial charge in [0, 0.05) is 5.56 Å². The van der Waals surface area contributed by atoms with Gasteiger partial charge in [0.2, 0.25) is 0 Å². The van der Waals surface area contributed by atoms with E-state index in [1.165, 1.54) is 0 Å². The normalized spacial score (nSPS) is 25.7. The Bertz CT molecular complexity index is 562. The molecular formula is C16H14O2. The third-order valence-electron chi connectivity index (χ3n) is 3.45. The largest absolute Gasteiger partial charge is 0.353 e. The lowest BCUT2D eigenvalue weighted by atomic mass is 9.93. The molecule has 0 N–H and O–H groups in total. The zero-order valence-electron chi connectivity index (χ0n) is 10.2. The van der Waals surface area contributed by atoms with Gasteiger partial charge in [-0.1, -0.05) is 60.7 Å². The molecule has 2 aromatic carbocycles. The molecule has 90 valence electrons. The molecule has 1 aliphatic heterocycles. The molecule has 2 atom stereocenters. The van der Waals surface area contributed by atoms with Gasteiger partial charge in [0.25, 0.3) is 0 Å². The molecule has 0 aliphatic carbocycles. The van der Waals surface area contributed by atoms with E-state index in [9.17, 15) is 4.79 Å². The Morgan fingerprint density at radius 2 is 1.56 bits per heavy atom. The van der Waals surface area contributed by atoms with Crippen LogP contribution in [0.25, 0.3) is 0 Å². The zero-order chi connectivity index (χ0) is 12.6. The predicted octanol–water partition coefficient (Wildman–Crippen LogP) is 3.18. The highest BCUT2D eigenvalue weighted by Crippen LogP contribution is 2.47. The van der Waals surface area contributed by atoms with Crippen LogP contribution in [0.5, 0.6) is 0 Å². The Hall–Kier alpha value is -1.93. The highest BCUT2D eigenvalue weighted by atomic mass is 16.6. The van der Waals surface area contributed by atoms with Crippen molar-refractivity contribution in [3.63, 3.8) is 0 Å². The summed E-state index contributed by atoms with van der Waals surface area (Å²) in [4.78, 5) is 12.3. The average molecular weight is 238 g/mol. The molecule has 2 unspecified atom stereocenters. The van der Waals surface area contributed by atoms with Crippen molar-refractivity contribution in [1.29, 1.82) is 0 Å². The summed E-state index contributed by atoms with van der Waals surface area (Å²) in [5.74, 6) is 0.0574. The molecule has 0 radical (unpaired) electrons. The third-order valence-corrected chi connectivity index (χ3v) is 3.45. The number of hydrogen-bond donors (Lipinski definition) is 0. The van der Waals surface area contributed by atoms with Crippen LogP contribution in [0, 0.1) is 0 Å². The smallest absolute Gasteiger partial charge is 0.194 e. The first-order chi connectivity index (χ1) is 8.72. The van der Waals surface area contributed by atoms with Crippen molar-refractivity contribution in [1.82, 2.24) is 0 Å². The van der Waals surface area contributed by atoms with E-state index in [1.54, 1.807) is 0 Å². The number of ether oxygens (including phenoxy) is 1. The molecule has 0 amide bonds. The van der Waals surface area contributed by atoms with E-state index in [0.29, 0.717) is 5.56 Å². The molecule has 1 saturated heterocycles. The fourth-order valence-corrected chi connectivity index (χ4v) is 2.26. The van der Waals surface area contributed by atoms with Gasteiger partial charge in [0.05, 0.1) is 0 Å². The lowest BCUT2D eigenvalue weighted by molar-refractivity contribution is 0.0953. The predicted molar refractivity (Wildman–Crippen MR) is 69.4 cm³/mol. The van der Waals surface area contributed by atoms with E-state index in [0.717, 1.165) is 5.56 Å². The highest BCUT2D eigenvalue weighted by Gasteiger charge is 2.57. The highest BCUT2D eigenvalue weighted by molar-refractivity contribution is 6.02. The van der Waals surface area contributed by atoms with Crippen molar-refractivity contribution in [3.05, 3.63) is 71.8 Å². The zero-order valence-corrected chi connectivity index (χ0v) is 10.2. The Balaban J connectivity index is 1.84. The van der Waals surface area contributed by atoms with E-state index in [1.807, 2.05) is 67.6 Å². The molecule has 1 fully saturated rings. The van der Waals surface area contributed by atoms with Crippen molar-refractivity contribution in [2.45, 2.75) is 18.6 Å². The molecule has 2 heteroatoms. The average Bonchev–Trinajstić information content (AvgIpc) is 3.14. The second-order valence-electron chi connectivity index (χ2n) is 4.70. The molecule has 1 aliphatic rings. The summed E-state index contributed by atoms with van der Waals surface area (Å²) in [6, 6.07) is 19.2. The number of hydrogen-bond acceptors (Lipinski definition) is 2. The van der Waals surface area contributed by atoms with Crippen molar-refractivity contribution < 1.29 is 9.53 Å². The van der Waals surface area contributed by atoms with Gasteiger partial charge in [-0.25, -0.2) is 0 Å². The van der Waals surface area contributed by atoms with E-state index in [2.05, 4.69) is 0 Å². The van der Waals surface area contributed by atoms with Gasteiger partial charge in [0.15, 0.2) is 11.9 Å². The van der Waals surface area contributed by atoms with Crippen LogP contribution in [0.1, 0.15) is 22.8 Å². The van der Waals surface area contributed by atoms with Gasteiger partial charge in [-0.15, -0.1) is 0 Å². The third kappa shape index (κ3) is 1.75. The number of ketones is 1. The molecule has 3 rings (SSSR count). The lowest BCUT2D eigenvalue weighted by Gasteiger charge is -2.05. The minimum Gasteiger partial charge on any atom is -0.353 e. The van der Waals surface area contributed by atoms with Gasteiger partial charge >= 0.3 is 0 Å². The quantitative estimate of drug-likeness (QED) is 0.607. The summed E-state index contributed by atoms with van der Waals surface area (Å²) in [5, 5.41) is 0. The van der Waals surface area contributed by atoms with Crippen molar-refractivity contribution in [2.75, 3.05) is 0 Å². The summed E-state index contributed by atoms with van der Waals surface area (Å²) in [6.45, 7) is 1.97. The topological polar surface area (TPSA) is 29.6 Å². The fraction of sp³-hybridized carbons (Fsp3) is 0.188. The fourth-order valence-electron chi connectivity index (χ4n) is 2.26. The Kier molecular flexibility index (Phi) is 2.53. The first-order valence-electron chi connectivity index (χ1n) is 6.04. The molecule has 0 spiro atoms. The Morgan fingerprint density at radius 1 is 1.00 bits per heavy atom. The monoisotopic (exact) mass is 238 g/mol. The molecule has 0 aromatic heterocycles. The number of Topliss-reactive ketones (excluding diaryl/α,β-unsaturated/α-hetero) is 1. The van der Waals surface area contributed by atoms with Crippen LogP contribution in [0.15, 0.2) is 60.7 Å². The maximum Gasteiger partial charge on any atom is 0.194 e. The summed E-state index contributed by atoms with van der Waals surface area (Å²) >= 11 is 0. The SMILES string of the molecule is CC1(c2ccccc2)OC1C(=O)c1ccccc1. The van der Waals surface area contributed by atoms with Gasteiger partial charge < -0.3 is 4.74 Å². The van der Waals surface area contributed by atoms with Crippen LogP contribution in [0.4, 0.5) is 0 Å². The van der Waals surface area contributed by atoms with Crippen LogP contribution in [-0.4, -0.2) is 11.9 Å². The van der Waals surface area contributed by atoms with Crippen LogP contribution < -0.4 is 0 Å². The van der Waals surface area contributed by atoms with Gasteiger partial charge in [-0.2, -0.15) is 0 Å². The van der Waals surface area contributed by atoms with Gasteiger partial charge in [-0.05, 0) is 12.5 Å². The van der Waals surface area contributed by atoms with Gasteiger partial charge in [0.1, 0.15) is 5.60 Å². The standard InChI is InChI=1S/C16H14O2/c1-16(13-10-6-3-7-11-13)15(18-16)14(17)12-8-4-2-5-9-12/h2-11,15H,1H3. The van der Waals surface area contributed by atoms with E-state index < -0.39 is 5.60 Å². The minimum atomic E-state index is -0.464. The minimum absolute atomic E-state index is 0.0574. The lowest BCUT2D eigenvalue weighted by Crippen LogP contribution is -2.16. The maximum absolute atomic E-state index is 12.3. The maximum atomic E-state index is 12.3. The summed E-state index contributed by atoms with van der Waals surface area (Å²) in [5.41, 5.74) is 1.30. The van der Waals surface area contributed by atoms with Crippen molar-refractivity contribution >= 4 is 5.78 Å². The number of carbonyl (C=O) groups is 1. The van der Waals surface area contributed by atoms with Crippen LogP contribution in [0.3, 0.4) is 0 Å². The van der Waals surface area contributed by atoms with Gasteiger partial charge in [-0.3, -0.25) is 4.79 Å². The number of rotatable bonds is 3. The molecular weight excluding hydrogens is 224 g/mol. The summed E-state index contributed by atoms with van der Waals surface area (Å²) < 4.78 is 5.66. The van der Waals surface area contributed by atoms with E-state index in [4.69, 9.17) is 4.74 Å². The summed E-state index contributed by atoms with van der Waals surface area (Å²) in [7, 11) is 0. The number of epoxide rings is 1. The number of benzene rings is 2. The first kappa shape index (κ1) is 11.2. The second-order valence-corrected chi connectivity index (χ2v) is 4.70. The molecule has 0 bridgehead atoms. The molecule has 18 heavy (non-hydrogen) atoms. The summed E-state index contributed by atoms with van der Waals surface area (Å²) in [6.07, 6.45) is -0.359. The first-order valence-corrected chi connectivity index (χ1v) is 6.04. The Labute approximate surface area is 106 Å². The van der Waals surface area contributed by atoms with E-state index >= 15 is 0 Å². The molecule has 1 heterocycles. The number of carbonyl (C=O) groups excluding carboxylic acids is 1. The molecule has 0 saturated carbocycles. The van der Waals surface area contributed by atoms with Crippen molar-refractivity contribution in [3.8, 4) is 0 Å². The molecule has 2 aromatic rings. The second kappa shape index (κ2) is 4.07. The molecule has 2 nitrogen and oxygen atoms in total.